The van der Waals surface area contributed by atoms with Crippen LogP contribution in [0.3, 0.4) is 0 Å². The number of hydrogen-bond donors (Lipinski definition) is 0. The second-order valence-electron chi connectivity index (χ2n) is 4.56. The highest BCUT2D eigenvalue weighted by Gasteiger charge is 2.37. The molecule has 0 radical (unpaired) electrons. The number of rotatable bonds is 7. The molecular weight excluding hydrogens is 260 g/mol. The third-order valence-corrected chi connectivity index (χ3v) is 6.11. The molecule has 1 aromatic carbocycles. The third-order valence-electron chi connectivity index (χ3n) is 3.38. The summed E-state index contributed by atoms with van der Waals surface area (Å²) in [6, 6.07) is 5.06. The van der Waals surface area contributed by atoms with E-state index in [4.69, 9.17) is 18.0 Å². The number of benzene rings is 1. The number of hydrogen-bond acceptors (Lipinski definition) is 4. The van der Waals surface area contributed by atoms with Gasteiger partial charge < -0.3 is 18.0 Å². The van der Waals surface area contributed by atoms with Crippen LogP contribution in [0.4, 0.5) is 0 Å². The second kappa shape index (κ2) is 7.05. The lowest BCUT2D eigenvalue weighted by atomic mass is 10.0. The van der Waals surface area contributed by atoms with Gasteiger partial charge in [-0.15, -0.1) is 0 Å². The SMILES string of the molecule is COc1c(C)cc(CC[Si](OC)(OC)OC)cc1C. The van der Waals surface area contributed by atoms with Gasteiger partial charge in [-0.2, -0.15) is 0 Å². The minimum atomic E-state index is -2.49. The van der Waals surface area contributed by atoms with Gasteiger partial charge in [-0.1, -0.05) is 12.1 Å². The standard InChI is InChI=1S/C14H24O4Si/c1-11-9-13(10-12(2)14(11)15-3)7-8-19(16-4,17-5)18-6/h9-10H,7-8H2,1-6H3. The maximum absolute atomic E-state index is 5.43. The molecule has 0 heterocycles. The predicted molar refractivity (Wildman–Crippen MR) is 77.8 cm³/mol. The van der Waals surface area contributed by atoms with E-state index >= 15 is 0 Å². The van der Waals surface area contributed by atoms with Gasteiger partial charge in [-0.05, 0) is 37.0 Å². The lowest BCUT2D eigenvalue weighted by Gasteiger charge is -2.24. The summed E-state index contributed by atoms with van der Waals surface area (Å²) in [5, 5.41) is 0. The molecule has 0 saturated heterocycles. The molecule has 4 nitrogen and oxygen atoms in total. The maximum atomic E-state index is 5.43. The Kier molecular flexibility index (Phi) is 6.00. The fourth-order valence-electron chi connectivity index (χ4n) is 2.36. The van der Waals surface area contributed by atoms with Crippen molar-refractivity contribution in [2.75, 3.05) is 28.4 Å². The molecule has 0 unspecified atom stereocenters. The van der Waals surface area contributed by atoms with Crippen LogP contribution in [0.5, 0.6) is 5.75 Å². The quantitative estimate of drug-likeness (QED) is 0.721. The molecule has 0 aliphatic rings. The van der Waals surface area contributed by atoms with E-state index in [1.54, 1.807) is 28.4 Å². The highest BCUT2D eigenvalue weighted by Crippen LogP contribution is 2.26. The normalized spacial score (nSPS) is 11.7. The van der Waals surface area contributed by atoms with E-state index in [2.05, 4.69) is 26.0 Å². The van der Waals surface area contributed by atoms with Crippen LogP contribution in [0.1, 0.15) is 16.7 Å². The molecule has 0 fully saturated rings. The molecule has 1 rings (SSSR count). The van der Waals surface area contributed by atoms with Crippen LogP contribution < -0.4 is 4.74 Å². The summed E-state index contributed by atoms with van der Waals surface area (Å²) in [5.41, 5.74) is 3.55. The number of methoxy groups -OCH3 is 1. The molecule has 0 bridgehead atoms. The molecular formula is C14H24O4Si. The van der Waals surface area contributed by atoms with Crippen LogP contribution in [-0.4, -0.2) is 37.2 Å². The smallest absolute Gasteiger partial charge is 0.496 e. The third kappa shape index (κ3) is 3.79. The maximum Gasteiger partial charge on any atom is 0.500 e. The molecule has 0 saturated carbocycles. The fraction of sp³-hybridized carbons (Fsp3) is 0.571. The Morgan fingerprint density at radius 1 is 0.895 bits per heavy atom. The van der Waals surface area contributed by atoms with Gasteiger partial charge in [0.05, 0.1) is 7.11 Å². The molecule has 0 aromatic heterocycles. The van der Waals surface area contributed by atoms with Crippen molar-refractivity contribution in [1.29, 1.82) is 0 Å². The molecule has 108 valence electrons. The first-order valence-corrected chi connectivity index (χ1v) is 8.24. The van der Waals surface area contributed by atoms with Crippen molar-refractivity contribution in [3.8, 4) is 5.75 Å². The molecule has 0 aliphatic carbocycles. The Morgan fingerprint density at radius 3 is 1.74 bits per heavy atom. The van der Waals surface area contributed by atoms with Crippen molar-refractivity contribution in [2.45, 2.75) is 26.3 Å². The van der Waals surface area contributed by atoms with Crippen LogP contribution >= 0.6 is 0 Å². The number of aryl methyl sites for hydroxylation is 3. The van der Waals surface area contributed by atoms with Gasteiger partial charge in [0.25, 0.3) is 0 Å². The lowest BCUT2D eigenvalue weighted by Crippen LogP contribution is -2.43. The van der Waals surface area contributed by atoms with Gasteiger partial charge in [-0.3, -0.25) is 0 Å². The van der Waals surface area contributed by atoms with E-state index in [9.17, 15) is 0 Å². The molecule has 19 heavy (non-hydrogen) atoms. The predicted octanol–water partition coefficient (Wildman–Crippen LogP) is 2.73. The zero-order valence-corrected chi connectivity index (χ0v) is 13.7. The Bertz CT molecular complexity index is 385. The molecule has 5 heteroatoms. The molecule has 0 aliphatic heterocycles. The van der Waals surface area contributed by atoms with Crippen molar-refractivity contribution < 1.29 is 18.0 Å². The van der Waals surface area contributed by atoms with E-state index in [0.29, 0.717) is 0 Å². The van der Waals surface area contributed by atoms with Crippen LogP contribution in [0.25, 0.3) is 0 Å². The van der Waals surface area contributed by atoms with Crippen LogP contribution in [0.15, 0.2) is 12.1 Å². The zero-order valence-electron chi connectivity index (χ0n) is 12.7. The van der Waals surface area contributed by atoms with Gasteiger partial charge in [0.1, 0.15) is 5.75 Å². The Morgan fingerprint density at radius 2 is 1.37 bits per heavy atom. The summed E-state index contributed by atoms with van der Waals surface area (Å²) in [4.78, 5) is 0. The van der Waals surface area contributed by atoms with Gasteiger partial charge in [0.2, 0.25) is 0 Å². The average Bonchev–Trinajstić information content (AvgIpc) is 2.41. The monoisotopic (exact) mass is 284 g/mol. The summed E-state index contributed by atoms with van der Waals surface area (Å²) < 4.78 is 21.7. The second-order valence-corrected chi connectivity index (χ2v) is 7.65. The Hall–Kier alpha value is -0.883. The molecule has 0 amide bonds. The van der Waals surface area contributed by atoms with Crippen molar-refractivity contribution >= 4 is 8.80 Å². The van der Waals surface area contributed by atoms with Gasteiger partial charge in [0.15, 0.2) is 0 Å². The first-order valence-electron chi connectivity index (χ1n) is 6.31. The van der Waals surface area contributed by atoms with Crippen molar-refractivity contribution in [2.24, 2.45) is 0 Å². The zero-order chi connectivity index (χ0) is 14.5. The van der Waals surface area contributed by atoms with E-state index in [-0.39, 0.29) is 0 Å². The van der Waals surface area contributed by atoms with E-state index in [0.717, 1.165) is 29.3 Å². The van der Waals surface area contributed by atoms with Crippen LogP contribution in [-0.2, 0) is 19.7 Å². The molecule has 0 spiro atoms. The first kappa shape index (κ1) is 16.2. The molecule has 0 N–H and O–H groups in total. The minimum absolute atomic E-state index is 0.766. The summed E-state index contributed by atoms with van der Waals surface area (Å²) >= 11 is 0. The minimum Gasteiger partial charge on any atom is -0.496 e. The van der Waals surface area contributed by atoms with Crippen molar-refractivity contribution in [3.63, 3.8) is 0 Å². The van der Waals surface area contributed by atoms with E-state index < -0.39 is 8.80 Å². The topological polar surface area (TPSA) is 36.9 Å². The lowest BCUT2D eigenvalue weighted by molar-refractivity contribution is 0.123. The highest BCUT2D eigenvalue weighted by molar-refractivity contribution is 6.60. The van der Waals surface area contributed by atoms with Gasteiger partial charge in [0, 0.05) is 27.4 Å². The van der Waals surface area contributed by atoms with E-state index in [1.807, 2.05) is 0 Å². The molecule has 1 aromatic rings. The van der Waals surface area contributed by atoms with Gasteiger partial charge >= 0.3 is 8.80 Å². The summed E-state index contributed by atoms with van der Waals surface area (Å²) in [7, 11) is 4.14. The van der Waals surface area contributed by atoms with Crippen molar-refractivity contribution in [1.82, 2.24) is 0 Å². The van der Waals surface area contributed by atoms with E-state index in [1.165, 1.54) is 5.56 Å². The summed E-state index contributed by atoms with van der Waals surface area (Å²) in [6.45, 7) is 4.12. The number of ether oxygens (including phenoxy) is 1. The summed E-state index contributed by atoms with van der Waals surface area (Å²) in [6.07, 6.45) is 0.868. The first-order chi connectivity index (χ1) is 9.01. The van der Waals surface area contributed by atoms with Crippen LogP contribution in [0, 0.1) is 13.8 Å². The van der Waals surface area contributed by atoms with Gasteiger partial charge in [-0.25, -0.2) is 0 Å². The Balaban J connectivity index is 2.84. The summed E-state index contributed by atoms with van der Waals surface area (Å²) in [5.74, 6) is 0.956. The highest BCUT2D eigenvalue weighted by atomic mass is 28.4. The largest absolute Gasteiger partial charge is 0.500 e. The van der Waals surface area contributed by atoms with Crippen LogP contribution in [0.2, 0.25) is 6.04 Å². The fourth-order valence-corrected chi connectivity index (χ4v) is 4.07. The van der Waals surface area contributed by atoms with Crippen molar-refractivity contribution in [3.05, 3.63) is 28.8 Å². The Labute approximate surface area is 117 Å². The average molecular weight is 284 g/mol. The molecule has 0 atom stereocenters.